The van der Waals surface area contributed by atoms with Crippen LogP contribution in [0.15, 0.2) is 12.2 Å². The van der Waals surface area contributed by atoms with Gasteiger partial charge in [-0.25, -0.2) is 0 Å². The molecule has 1 aliphatic heterocycles. The molecule has 0 spiro atoms. The molecule has 2 aliphatic carbocycles. The van der Waals surface area contributed by atoms with Crippen molar-refractivity contribution in [1.29, 1.82) is 0 Å². The summed E-state index contributed by atoms with van der Waals surface area (Å²) in [5, 5.41) is 0. The summed E-state index contributed by atoms with van der Waals surface area (Å²) in [6, 6.07) is 0. The molecule has 12 heavy (non-hydrogen) atoms. The lowest BCUT2D eigenvalue weighted by Crippen LogP contribution is -2.26. The average Bonchev–Trinajstić information content (AvgIpc) is 2.54. The van der Waals surface area contributed by atoms with Gasteiger partial charge in [0.1, 0.15) is 0 Å². The fourth-order valence-electron chi connectivity index (χ4n) is 2.38. The minimum absolute atomic E-state index is 0.147. The Morgan fingerprint density at radius 3 is 2.08 bits per heavy atom. The van der Waals surface area contributed by atoms with Crippen LogP contribution in [0.5, 0.6) is 0 Å². The molecule has 1 saturated carbocycles. The molecule has 0 N–H and O–H groups in total. The second kappa shape index (κ2) is 1.88. The average molecular weight is 174 g/mol. The second-order valence-corrected chi connectivity index (χ2v) is 3.58. The maximum Gasteiger partial charge on any atom is 0.486 e. The highest BCUT2D eigenvalue weighted by atomic mass is 19.3. The molecule has 3 aliphatic rings. The first-order valence-corrected chi connectivity index (χ1v) is 4.07. The molecule has 4 heteroatoms. The standard InChI is InChI=1S/C8H8F2O2/c9-8(10)11-6-4-1-2-5(3-4)7(6)12-8/h1-2,4-7H,3H2. The Bertz CT molecular complexity index is 229. The molecular formula is C8H8F2O2. The molecule has 2 bridgehead atoms. The van der Waals surface area contributed by atoms with Crippen LogP contribution < -0.4 is 0 Å². The van der Waals surface area contributed by atoms with Gasteiger partial charge >= 0.3 is 6.29 Å². The third-order valence-electron chi connectivity index (χ3n) is 2.86. The molecule has 3 rings (SSSR count). The van der Waals surface area contributed by atoms with Crippen molar-refractivity contribution in [2.24, 2.45) is 11.8 Å². The van der Waals surface area contributed by atoms with Gasteiger partial charge in [0.05, 0.1) is 12.2 Å². The first-order valence-electron chi connectivity index (χ1n) is 4.07. The summed E-state index contributed by atoms with van der Waals surface area (Å²) in [4.78, 5) is 0. The summed E-state index contributed by atoms with van der Waals surface area (Å²) in [5.74, 6) is 0.293. The second-order valence-electron chi connectivity index (χ2n) is 3.58. The van der Waals surface area contributed by atoms with Crippen LogP contribution in [0.2, 0.25) is 0 Å². The van der Waals surface area contributed by atoms with E-state index >= 15 is 0 Å². The van der Waals surface area contributed by atoms with Crippen LogP contribution >= 0.6 is 0 Å². The Kier molecular flexibility index (Phi) is 1.09. The number of hydrogen-bond acceptors (Lipinski definition) is 2. The van der Waals surface area contributed by atoms with Gasteiger partial charge in [-0.1, -0.05) is 12.2 Å². The summed E-state index contributed by atoms with van der Waals surface area (Å²) >= 11 is 0. The van der Waals surface area contributed by atoms with E-state index < -0.39 is 18.5 Å². The Balaban J connectivity index is 1.91. The number of ether oxygens (including phenoxy) is 2. The third kappa shape index (κ3) is 0.742. The maximum absolute atomic E-state index is 12.6. The Hall–Kier alpha value is -0.480. The number of alkyl halides is 2. The smallest absolute Gasteiger partial charge is 0.289 e. The number of hydrogen-bond donors (Lipinski definition) is 0. The first kappa shape index (κ1) is 6.97. The molecule has 0 aromatic heterocycles. The van der Waals surface area contributed by atoms with E-state index in [9.17, 15) is 8.78 Å². The van der Waals surface area contributed by atoms with Crippen molar-refractivity contribution in [3.63, 3.8) is 0 Å². The third-order valence-corrected chi connectivity index (χ3v) is 2.86. The van der Waals surface area contributed by atoms with Crippen molar-refractivity contribution in [2.45, 2.75) is 24.9 Å². The molecule has 4 atom stereocenters. The van der Waals surface area contributed by atoms with Gasteiger partial charge in [0.25, 0.3) is 0 Å². The van der Waals surface area contributed by atoms with E-state index in [1.165, 1.54) is 0 Å². The highest BCUT2D eigenvalue weighted by Crippen LogP contribution is 2.50. The fraction of sp³-hybridized carbons (Fsp3) is 0.750. The van der Waals surface area contributed by atoms with Gasteiger partial charge in [-0.2, -0.15) is 0 Å². The van der Waals surface area contributed by atoms with Gasteiger partial charge in [0, 0.05) is 11.8 Å². The van der Waals surface area contributed by atoms with Crippen LogP contribution in [0, 0.1) is 11.8 Å². The lowest BCUT2D eigenvalue weighted by molar-refractivity contribution is -0.355. The molecule has 66 valence electrons. The van der Waals surface area contributed by atoms with Crippen LogP contribution in [0.3, 0.4) is 0 Å². The molecule has 0 amide bonds. The number of fused-ring (bicyclic) bond motifs is 5. The fourth-order valence-corrected chi connectivity index (χ4v) is 2.38. The van der Waals surface area contributed by atoms with Gasteiger partial charge < -0.3 is 0 Å². The highest BCUT2D eigenvalue weighted by Gasteiger charge is 2.59. The van der Waals surface area contributed by atoms with E-state index in [4.69, 9.17) is 0 Å². The molecular weight excluding hydrogens is 166 g/mol. The van der Waals surface area contributed by atoms with Crippen LogP contribution in [0.25, 0.3) is 0 Å². The maximum atomic E-state index is 12.6. The van der Waals surface area contributed by atoms with Crippen molar-refractivity contribution >= 4 is 0 Å². The van der Waals surface area contributed by atoms with E-state index in [1.807, 2.05) is 12.2 Å². The van der Waals surface area contributed by atoms with Gasteiger partial charge in [-0.15, -0.1) is 8.78 Å². The van der Waals surface area contributed by atoms with Gasteiger partial charge in [-0.3, -0.25) is 9.47 Å². The summed E-state index contributed by atoms with van der Waals surface area (Å²) < 4.78 is 34.1. The molecule has 4 unspecified atom stereocenters. The van der Waals surface area contributed by atoms with Crippen LogP contribution in [0.1, 0.15) is 6.42 Å². The van der Waals surface area contributed by atoms with Crippen LogP contribution in [-0.4, -0.2) is 18.5 Å². The zero-order valence-corrected chi connectivity index (χ0v) is 6.24. The Morgan fingerprint density at radius 2 is 1.58 bits per heavy atom. The van der Waals surface area contributed by atoms with Gasteiger partial charge in [-0.05, 0) is 6.42 Å². The molecule has 1 saturated heterocycles. The minimum atomic E-state index is -3.35. The van der Waals surface area contributed by atoms with Crippen molar-refractivity contribution < 1.29 is 18.3 Å². The van der Waals surface area contributed by atoms with E-state index in [0.717, 1.165) is 6.42 Å². The molecule has 2 nitrogen and oxygen atoms in total. The number of halogens is 2. The predicted molar refractivity (Wildman–Crippen MR) is 35.4 cm³/mol. The zero-order chi connectivity index (χ0) is 8.34. The van der Waals surface area contributed by atoms with Crippen molar-refractivity contribution in [3.05, 3.63) is 12.2 Å². The molecule has 0 aromatic carbocycles. The summed E-state index contributed by atoms with van der Waals surface area (Å²) in [5.41, 5.74) is 0. The minimum Gasteiger partial charge on any atom is -0.289 e. The molecule has 0 radical (unpaired) electrons. The monoisotopic (exact) mass is 174 g/mol. The predicted octanol–water partition coefficient (Wildman–Crippen LogP) is 1.53. The van der Waals surface area contributed by atoms with E-state index in [1.54, 1.807) is 0 Å². The summed E-state index contributed by atoms with van der Waals surface area (Å²) in [6.45, 7) is 0. The number of rotatable bonds is 0. The quantitative estimate of drug-likeness (QED) is 0.518. The zero-order valence-electron chi connectivity index (χ0n) is 6.24. The first-order chi connectivity index (χ1) is 5.66. The van der Waals surface area contributed by atoms with Crippen molar-refractivity contribution in [1.82, 2.24) is 0 Å². The van der Waals surface area contributed by atoms with Gasteiger partial charge in [0.2, 0.25) is 0 Å². The lowest BCUT2D eigenvalue weighted by Gasteiger charge is -2.14. The lowest BCUT2D eigenvalue weighted by atomic mass is 10.0. The van der Waals surface area contributed by atoms with E-state index in [-0.39, 0.29) is 11.8 Å². The van der Waals surface area contributed by atoms with Crippen LogP contribution in [-0.2, 0) is 9.47 Å². The summed E-state index contributed by atoms with van der Waals surface area (Å²) in [6.07, 6.45) is 0.654. The SMILES string of the molecule is FC1(F)OC2C3C=CC(C3)C2O1. The molecule has 2 fully saturated rings. The van der Waals surface area contributed by atoms with Crippen molar-refractivity contribution in [2.75, 3.05) is 0 Å². The Labute approximate surface area is 68.1 Å². The molecule has 0 aromatic rings. The highest BCUT2D eigenvalue weighted by molar-refractivity contribution is 5.17. The van der Waals surface area contributed by atoms with Gasteiger partial charge in [0.15, 0.2) is 0 Å². The topological polar surface area (TPSA) is 18.5 Å². The van der Waals surface area contributed by atoms with E-state index in [0.29, 0.717) is 0 Å². The molecule has 1 heterocycles. The largest absolute Gasteiger partial charge is 0.486 e. The van der Waals surface area contributed by atoms with Crippen molar-refractivity contribution in [3.8, 4) is 0 Å². The van der Waals surface area contributed by atoms with E-state index in [2.05, 4.69) is 9.47 Å². The van der Waals surface area contributed by atoms with Crippen LogP contribution in [0.4, 0.5) is 8.78 Å². The normalized spacial score (nSPS) is 53.2. The Morgan fingerprint density at radius 1 is 1.08 bits per heavy atom. The summed E-state index contributed by atoms with van der Waals surface area (Å²) in [7, 11) is 0.